The molecule has 0 bridgehead atoms. The molecule has 6 nitrogen and oxygen atoms in total. The van der Waals surface area contributed by atoms with Gasteiger partial charge in [0, 0.05) is 28.7 Å². The van der Waals surface area contributed by atoms with Crippen molar-refractivity contribution in [1.29, 1.82) is 0 Å². The number of benzene rings is 2. The van der Waals surface area contributed by atoms with E-state index in [-0.39, 0.29) is 17.1 Å². The van der Waals surface area contributed by atoms with Crippen LogP contribution in [0.25, 0.3) is 22.0 Å². The van der Waals surface area contributed by atoms with Crippen LogP contribution in [0, 0.1) is 0 Å². The summed E-state index contributed by atoms with van der Waals surface area (Å²) in [6, 6.07) is 9.86. The molecule has 160 valence electrons. The van der Waals surface area contributed by atoms with Gasteiger partial charge in [-0.3, -0.25) is 9.71 Å². The zero-order valence-electron chi connectivity index (χ0n) is 16.5. The number of nitrogens with zero attached hydrogens (tertiary/aromatic N) is 2. The largest absolute Gasteiger partial charge is 0.496 e. The standard InChI is InChI=1S/C21H17F2N3O3S2/c1-28-17-11-16(20(22)23)18(29-2)10-15(17)19-14-4-3-13(9-12(14)5-6-24-19)31(27)26-21-25-7-8-30-21/h3-11,20H,1-2H3,(H,25,26). The molecule has 0 aliphatic heterocycles. The second kappa shape index (κ2) is 8.94. The molecular weight excluding hydrogens is 444 g/mol. The molecule has 2 heterocycles. The van der Waals surface area contributed by atoms with Gasteiger partial charge in [-0.15, -0.1) is 11.3 Å². The number of alkyl halides is 2. The lowest BCUT2D eigenvalue weighted by molar-refractivity contribution is 0.146. The van der Waals surface area contributed by atoms with Gasteiger partial charge >= 0.3 is 0 Å². The van der Waals surface area contributed by atoms with Crippen molar-refractivity contribution in [1.82, 2.24) is 9.97 Å². The van der Waals surface area contributed by atoms with E-state index in [4.69, 9.17) is 9.47 Å². The molecule has 0 spiro atoms. The first-order valence-corrected chi connectivity index (χ1v) is 11.1. The Hall–Kier alpha value is -3.11. The zero-order chi connectivity index (χ0) is 22.0. The Morgan fingerprint density at radius 3 is 2.52 bits per heavy atom. The number of anilines is 1. The van der Waals surface area contributed by atoms with E-state index in [0.717, 1.165) is 10.8 Å². The van der Waals surface area contributed by atoms with E-state index < -0.39 is 17.4 Å². The summed E-state index contributed by atoms with van der Waals surface area (Å²) >= 11 is 1.36. The third-order valence-electron chi connectivity index (χ3n) is 4.60. The molecule has 4 aromatic rings. The number of thiazole rings is 1. The molecule has 2 aromatic carbocycles. The van der Waals surface area contributed by atoms with Crippen LogP contribution in [0.4, 0.5) is 13.9 Å². The maximum Gasteiger partial charge on any atom is 0.267 e. The van der Waals surface area contributed by atoms with Gasteiger partial charge in [0.25, 0.3) is 6.43 Å². The summed E-state index contributed by atoms with van der Waals surface area (Å²) in [5.41, 5.74) is 0.803. The van der Waals surface area contributed by atoms with E-state index in [1.165, 1.54) is 37.7 Å². The van der Waals surface area contributed by atoms with Crippen molar-refractivity contribution in [3.05, 3.63) is 59.7 Å². The lowest BCUT2D eigenvalue weighted by Gasteiger charge is -2.15. The summed E-state index contributed by atoms with van der Waals surface area (Å²) in [7, 11) is 1.26. The number of halogens is 2. The molecule has 0 aliphatic carbocycles. The molecule has 31 heavy (non-hydrogen) atoms. The molecule has 0 fully saturated rings. The zero-order valence-corrected chi connectivity index (χ0v) is 18.1. The average Bonchev–Trinajstić information content (AvgIpc) is 3.30. The van der Waals surface area contributed by atoms with E-state index in [1.54, 1.807) is 42.0 Å². The fraction of sp³-hybridized carbons (Fsp3) is 0.143. The maximum absolute atomic E-state index is 13.4. The van der Waals surface area contributed by atoms with E-state index in [2.05, 4.69) is 14.7 Å². The first kappa shape index (κ1) is 21.1. The van der Waals surface area contributed by atoms with Crippen LogP contribution in [0.1, 0.15) is 12.0 Å². The van der Waals surface area contributed by atoms with E-state index >= 15 is 0 Å². The minimum atomic E-state index is -2.71. The van der Waals surface area contributed by atoms with Gasteiger partial charge in [0.15, 0.2) is 16.1 Å². The number of fused-ring (bicyclic) bond motifs is 1. The van der Waals surface area contributed by atoms with Crippen LogP contribution >= 0.6 is 11.3 Å². The van der Waals surface area contributed by atoms with Crippen LogP contribution in [0.5, 0.6) is 11.5 Å². The van der Waals surface area contributed by atoms with Crippen LogP contribution in [0.2, 0.25) is 0 Å². The lowest BCUT2D eigenvalue weighted by atomic mass is 10.0. The molecule has 1 unspecified atom stereocenters. The molecular formula is C21H17F2N3O3S2. The molecule has 0 amide bonds. The van der Waals surface area contributed by atoms with Crippen molar-refractivity contribution < 1.29 is 22.5 Å². The number of rotatable bonds is 7. The Morgan fingerprint density at radius 1 is 1.03 bits per heavy atom. The van der Waals surface area contributed by atoms with Gasteiger partial charge in [0.2, 0.25) is 0 Å². The van der Waals surface area contributed by atoms with Gasteiger partial charge in [0.05, 0.1) is 30.4 Å². The van der Waals surface area contributed by atoms with Gasteiger partial charge < -0.3 is 9.47 Å². The highest BCUT2D eigenvalue weighted by Gasteiger charge is 2.21. The molecule has 0 aliphatic rings. The van der Waals surface area contributed by atoms with Crippen molar-refractivity contribution in [2.24, 2.45) is 0 Å². The Balaban J connectivity index is 1.79. The van der Waals surface area contributed by atoms with Crippen LogP contribution < -0.4 is 14.2 Å². The molecule has 1 N–H and O–H groups in total. The molecule has 0 saturated carbocycles. The lowest BCUT2D eigenvalue weighted by Crippen LogP contribution is -2.04. The quantitative estimate of drug-likeness (QED) is 0.396. The summed E-state index contributed by atoms with van der Waals surface area (Å²) in [6.45, 7) is 0. The molecule has 1 atom stereocenters. The SMILES string of the molecule is COc1cc(C(F)F)c(OC)cc1-c1nccc2cc(S(=O)Nc3nccs3)ccc12. The Kier molecular flexibility index (Phi) is 6.10. The predicted octanol–water partition coefficient (Wildman–Crippen LogP) is 5.45. The second-order valence-electron chi connectivity index (χ2n) is 6.35. The minimum Gasteiger partial charge on any atom is -0.496 e. The van der Waals surface area contributed by atoms with Crippen LogP contribution in [-0.2, 0) is 11.0 Å². The Morgan fingerprint density at radius 2 is 1.84 bits per heavy atom. The monoisotopic (exact) mass is 461 g/mol. The number of hydrogen-bond donors (Lipinski definition) is 1. The summed E-state index contributed by atoms with van der Waals surface area (Å²) in [5, 5.41) is 3.89. The van der Waals surface area contributed by atoms with Crippen LogP contribution in [-0.4, -0.2) is 28.4 Å². The van der Waals surface area contributed by atoms with Gasteiger partial charge in [-0.1, -0.05) is 6.07 Å². The smallest absolute Gasteiger partial charge is 0.267 e. The maximum atomic E-state index is 13.4. The van der Waals surface area contributed by atoms with E-state index in [9.17, 15) is 13.0 Å². The van der Waals surface area contributed by atoms with Gasteiger partial charge in [-0.2, -0.15) is 0 Å². The van der Waals surface area contributed by atoms with Crippen LogP contribution in [0.3, 0.4) is 0 Å². The fourth-order valence-electron chi connectivity index (χ4n) is 3.17. The van der Waals surface area contributed by atoms with Gasteiger partial charge in [-0.25, -0.2) is 18.0 Å². The molecule has 0 radical (unpaired) electrons. The van der Waals surface area contributed by atoms with Crippen LogP contribution in [0.15, 0.2) is 59.1 Å². The highest BCUT2D eigenvalue weighted by molar-refractivity contribution is 7.86. The summed E-state index contributed by atoms with van der Waals surface area (Å²) in [6.07, 6.45) is 0.524. The summed E-state index contributed by atoms with van der Waals surface area (Å²) in [5.74, 6) is 0.309. The second-order valence-corrected chi connectivity index (χ2v) is 8.45. The topological polar surface area (TPSA) is 73.3 Å². The number of pyridine rings is 1. The summed E-state index contributed by atoms with van der Waals surface area (Å²) in [4.78, 5) is 9.09. The van der Waals surface area contributed by atoms with Gasteiger partial charge in [-0.05, 0) is 35.7 Å². The van der Waals surface area contributed by atoms with Crippen molar-refractivity contribution in [2.45, 2.75) is 11.3 Å². The van der Waals surface area contributed by atoms with Crippen molar-refractivity contribution in [3.63, 3.8) is 0 Å². The number of hydrogen-bond acceptors (Lipinski definition) is 6. The highest BCUT2D eigenvalue weighted by atomic mass is 32.2. The third kappa shape index (κ3) is 4.21. The number of aromatic nitrogens is 2. The Bertz CT molecular complexity index is 1250. The third-order valence-corrected chi connectivity index (χ3v) is 6.48. The molecule has 2 aromatic heterocycles. The number of nitrogens with one attached hydrogen (secondary N) is 1. The van der Waals surface area contributed by atoms with E-state index in [1.807, 2.05) is 0 Å². The highest BCUT2D eigenvalue weighted by Crippen LogP contribution is 2.41. The van der Waals surface area contributed by atoms with Gasteiger partial charge in [0.1, 0.15) is 11.5 Å². The first-order chi connectivity index (χ1) is 15.0. The number of methoxy groups -OCH3 is 2. The normalized spacial score (nSPS) is 12.2. The summed E-state index contributed by atoms with van der Waals surface area (Å²) < 4.78 is 52.8. The number of ether oxygens (including phenoxy) is 2. The molecule has 10 heteroatoms. The van der Waals surface area contributed by atoms with Crippen molar-refractivity contribution in [2.75, 3.05) is 18.9 Å². The molecule has 4 rings (SSSR count). The fourth-order valence-corrected chi connectivity index (χ4v) is 4.72. The predicted molar refractivity (Wildman–Crippen MR) is 117 cm³/mol. The van der Waals surface area contributed by atoms with E-state index in [0.29, 0.717) is 21.3 Å². The average molecular weight is 462 g/mol. The minimum absolute atomic E-state index is 0.0509. The first-order valence-electron chi connectivity index (χ1n) is 9.03. The molecule has 0 saturated heterocycles. The van der Waals surface area contributed by atoms with Crippen molar-refractivity contribution in [3.8, 4) is 22.8 Å². The Labute approximate surface area is 183 Å². The van der Waals surface area contributed by atoms with Crippen molar-refractivity contribution >= 4 is 38.2 Å².